The van der Waals surface area contributed by atoms with Gasteiger partial charge in [-0.25, -0.2) is 0 Å². The number of imide groups is 1. The van der Waals surface area contributed by atoms with Gasteiger partial charge in [-0.3, -0.25) is 24.6 Å². The summed E-state index contributed by atoms with van der Waals surface area (Å²) in [5, 5.41) is 2.33. The summed E-state index contributed by atoms with van der Waals surface area (Å²) >= 11 is 0. The predicted molar refractivity (Wildman–Crippen MR) is 112 cm³/mol. The number of ether oxygens (including phenoxy) is 1. The van der Waals surface area contributed by atoms with Crippen LogP contribution in [-0.4, -0.2) is 64.0 Å². The fraction of sp³-hybridized carbons (Fsp3) is 0.591. The van der Waals surface area contributed by atoms with Gasteiger partial charge in [-0.15, -0.1) is 0 Å². The topological polar surface area (TPSA) is 131 Å². The Labute approximate surface area is 181 Å². The minimum Gasteiger partial charge on any atom is -0.487 e. The van der Waals surface area contributed by atoms with Crippen molar-refractivity contribution in [2.24, 2.45) is 11.5 Å². The first kappa shape index (κ1) is 20.4. The van der Waals surface area contributed by atoms with Gasteiger partial charge in [0.05, 0.1) is 5.54 Å². The van der Waals surface area contributed by atoms with Crippen molar-refractivity contribution in [1.29, 1.82) is 0 Å². The van der Waals surface area contributed by atoms with Gasteiger partial charge in [-0.05, 0) is 56.0 Å². The number of nitrogens with one attached hydrogen (secondary N) is 1. The predicted octanol–water partition coefficient (Wildman–Crippen LogP) is 0.0669. The molecule has 0 radical (unpaired) electrons. The van der Waals surface area contributed by atoms with E-state index in [1.54, 1.807) is 12.1 Å². The van der Waals surface area contributed by atoms with Crippen molar-refractivity contribution in [3.8, 4) is 5.75 Å². The molecule has 4 aliphatic rings. The van der Waals surface area contributed by atoms with E-state index in [-0.39, 0.29) is 24.3 Å². The second kappa shape index (κ2) is 7.01. The van der Waals surface area contributed by atoms with Crippen molar-refractivity contribution in [3.63, 3.8) is 0 Å². The third-order valence-corrected chi connectivity index (χ3v) is 7.65. The highest BCUT2D eigenvalue weighted by Crippen LogP contribution is 2.47. The highest BCUT2D eigenvalue weighted by molar-refractivity contribution is 6.05. The van der Waals surface area contributed by atoms with E-state index < -0.39 is 23.2 Å². The molecule has 9 heteroatoms. The van der Waals surface area contributed by atoms with Crippen molar-refractivity contribution in [2.75, 3.05) is 13.1 Å². The summed E-state index contributed by atoms with van der Waals surface area (Å²) in [4.78, 5) is 40.3. The number of fused-ring (bicyclic) bond motifs is 2. The number of hydrogen-bond donors (Lipinski definition) is 3. The van der Waals surface area contributed by atoms with Gasteiger partial charge in [-0.2, -0.15) is 0 Å². The van der Waals surface area contributed by atoms with Crippen molar-refractivity contribution in [2.45, 2.75) is 68.9 Å². The van der Waals surface area contributed by atoms with Crippen LogP contribution in [0.25, 0.3) is 0 Å². The minimum absolute atomic E-state index is 0.193. The number of amides is 3. The lowest BCUT2D eigenvalue weighted by atomic mass is 9.88. The molecule has 1 aromatic rings. The molecule has 3 fully saturated rings. The third kappa shape index (κ3) is 2.90. The van der Waals surface area contributed by atoms with Gasteiger partial charge in [0, 0.05) is 25.1 Å². The molecule has 166 valence electrons. The maximum atomic E-state index is 12.9. The summed E-state index contributed by atoms with van der Waals surface area (Å²) in [6.45, 7) is 4.08. The van der Waals surface area contributed by atoms with Crippen LogP contribution < -0.4 is 21.5 Å². The normalized spacial score (nSPS) is 35.3. The molecule has 2 saturated heterocycles. The molecule has 0 spiro atoms. The summed E-state index contributed by atoms with van der Waals surface area (Å²) in [5.74, 6) is -0.248. The Hall–Kier alpha value is -2.49. The maximum absolute atomic E-state index is 12.9. The summed E-state index contributed by atoms with van der Waals surface area (Å²) in [6, 6.07) is 4.78. The lowest BCUT2D eigenvalue weighted by Crippen LogP contribution is -2.71. The van der Waals surface area contributed by atoms with E-state index >= 15 is 0 Å². The first-order valence-electron chi connectivity index (χ1n) is 11.0. The Morgan fingerprint density at radius 2 is 2.00 bits per heavy atom. The Morgan fingerprint density at radius 1 is 1.19 bits per heavy atom. The standard InChI is InChI=1S/C22H29N5O4/c1-2-26-10-9-21(23)8-7-17(22(21,26)24)31-14-3-4-15-13(11-14)12-27(20(15)30)16-5-6-18(28)25-19(16)29/h3-4,11,16-17H,2,5-10,12,23-24H2,1H3,(H,25,28,29)/t16?,17-,21-,22+/m0/s1. The van der Waals surface area contributed by atoms with E-state index in [4.69, 9.17) is 16.2 Å². The summed E-state index contributed by atoms with van der Waals surface area (Å²) < 4.78 is 6.37. The lowest BCUT2D eigenvalue weighted by Gasteiger charge is -2.43. The zero-order valence-electron chi connectivity index (χ0n) is 17.7. The molecule has 0 bridgehead atoms. The number of carbonyl (C=O) groups excluding carboxylic acids is 3. The number of benzene rings is 1. The van der Waals surface area contributed by atoms with Crippen LogP contribution in [0.4, 0.5) is 0 Å². The Morgan fingerprint density at radius 3 is 2.74 bits per heavy atom. The molecule has 3 aliphatic heterocycles. The van der Waals surface area contributed by atoms with Gasteiger partial charge in [0.25, 0.3) is 5.91 Å². The molecule has 3 heterocycles. The van der Waals surface area contributed by atoms with Gasteiger partial charge >= 0.3 is 0 Å². The van der Waals surface area contributed by atoms with Gasteiger partial charge in [-0.1, -0.05) is 6.92 Å². The number of nitrogens with zero attached hydrogens (tertiary/aromatic N) is 2. The number of likely N-dealkylation sites (N-methyl/N-ethyl adjacent to an activating group) is 1. The van der Waals surface area contributed by atoms with Crippen molar-refractivity contribution in [1.82, 2.24) is 15.1 Å². The second-order valence-electron chi connectivity index (χ2n) is 9.18. The van der Waals surface area contributed by atoms with E-state index in [1.807, 2.05) is 6.07 Å². The van der Waals surface area contributed by atoms with Gasteiger partial charge in [0.15, 0.2) is 0 Å². The highest BCUT2D eigenvalue weighted by atomic mass is 16.5. The molecule has 5 N–H and O–H groups in total. The Balaban J connectivity index is 1.35. The van der Waals surface area contributed by atoms with Crippen LogP contribution in [0.2, 0.25) is 0 Å². The number of rotatable bonds is 4. The first-order chi connectivity index (χ1) is 14.8. The lowest BCUT2D eigenvalue weighted by molar-refractivity contribution is -0.136. The number of hydrogen-bond acceptors (Lipinski definition) is 7. The van der Waals surface area contributed by atoms with Crippen molar-refractivity contribution < 1.29 is 19.1 Å². The van der Waals surface area contributed by atoms with Crippen LogP contribution in [0.1, 0.15) is 54.9 Å². The highest BCUT2D eigenvalue weighted by Gasteiger charge is 2.63. The van der Waals surface area contributed by atoms with Crippen molar-refractivity contribution in [3.05, 3.63) is 29.3 Å². The van der Waals surface area contributed by atoms with Gasteiger partial charge in [0.1, 0.15) is 23.6 Å². The number of likely N-dealkylation sites (tertiary alicyclic amines) is 1. The molecule has 1 aromatic carbocycles. The first-order valence-corrected chi connectivity index (χ1v) is 11.0. The average molecular weight is 428 g/mol. The van der Waals surface area contributed by atoms with E-state index in [0.717, 1.165) is 37.9 Å². The molecular formula is C22H29N5O4. The van der Waals surface area contributed by atoms with Crippen LogP contribution in [0.3, 0.4) is 0 Å². The molecule has 1 unspecified atom stereocenters. The van der Waals surface area contributed by atoms with E-state index in [2.05, 4.69) is 17.1 Å². The molecule has 5 rings (SSSR count). The van der Waals surface area contributed by atoms with Crippen molar-refractivity contribution >= 4 is 17.7 Å². The van der Waals surface area contributed by atoms with Crippen LogP contribution in [-0.2, 0) is 16.1 Å². The number of carbonyl (C=O) groups is 3. The average Bonchev–Trinajstić information content (AvgIpc) is 3.28. The van der Waals surface area contributed by atoms with E-state index in [1.165, 1.54) is 4.90 Å². The van der Waals surface area contributed by atoms with E-state index in [9.17, 15) is 14.4 Å². The fourth-order valence-electron chi connectivity index (χ4n) is 5.85. The SMILES string of the molecule is CCN1CC[C@@]2(N)CC[C@H](Oc3ccc4c(c3)CN(C3CCC(=O)NC3=O)C4=O)[C@@]12N. The van der Waals surface area contributed by atoms with E-state index in [0.29, 0.717) is 24.3 Å². The molecule has 4 atom stereocenters. The molecule has 9 nitrogen and oxygen atoms in total. The van der Waals surface area contributed by atoms with Crippen LogP contribution >= 0.6 is 0 Å². The smallest absolute Gasteiger partial charge is 0.255 e. The van der Waals surface area contributed by atoms with Crippen LogP contribution in [0.5, 0.6) is 5.75 Å². The second-order valence-corrected chi connectivity index (χ2v) is 9.18. The summed E-state index contributed by atoms with van der Waals surface area (Å²) in [7, 11) is 0. The molecule has 3 amide bonds. The summed E-state index contributed by atoms with van der Waals surface area (Å²) in [5.41, 5.74) is 13.8. The largest absolute Gasteiger partial charge is 0.487 e. The van der Waals surface area contributed by atoms with Gasteiger partial charge < -0.3 is 21.1 Å². The molecule has 31 heavy (non-hydrogen) atoms. The fourth-order valence-corrected chi connectivity index (χ4v) is 5.85. The zero-order valence-corrected chi connectivity index (χ0v) is 17.7. The Bertz CT molecular complexity index is 967. The minimum atomic E-state index is -0.713. The number of piperidine rings is 1. The molecular weight excluding hydrogens is 398 g/mol. The maximum Gasteiger partial charge on any atom is 0.255 e. The molecule has 1 saturated carbocycles. The Kier molecular flexibility index (Phi) is 4.62. The monoisotopic (exact) mass is 427 g/mol. The number of nitrogens with two attached hydrogens (primary N) is 2. The van der Waals surface area contributed by atoms with Crippen LogP contribution in [0, 0.1) is 0 Å². The quantitative estimate of drug-likeness (QED) is 0.580. The molecule has 0 aromatic heterocycles. The van der Waals surface area contributed by atoms with Crippen LogP contribution in [0.15, 0.2) is 18.2 Å². The van der Waals surface area contributed by atoms with Gasteiger partial charge in [0.2, 0.25) is 11.8 Å². The zero-order chi connectivity index (χ0) is 22.0. The third-order valence-electron chi connectivity index (χ3n) is 7.65. The summed E-state index contributed by atoms with van der Waals surface area (Å²) in [6.07, 6.45) is 2.80. The molecule has 1 aliphatic carbocycles.